The van der Waals surface area contributed by atoms with Gasteiger partial charge in [0.15, 0.2) is 0 Å². The predicted octanol–water partition coefficient (Wildman–Crippen LogP) is 1.70. The fourth-order valence-corrected chi connectivity index (χ4v) is 1.98. The van der Waals surface area contributed by atoms with E-state index in [0.29, 0.717) is 10.7 Å². The zero-order chi connectivity index (χ0) is 11.4. The molecular formula is C9H13NO4S. The molecule has 1 N–H and O–H groups in total. The van der Waals surface area contributed by atoms with Gasteiger partial charge in [-0.1, -0.05) is 0 Å². The van der Waals surface area contributed by atoms with E-state index in [1.807, 2.05) is 6.92 Å². The van der Waals surface area contributed by atoms with Crippen LogP contribution in [0, 0.1) is 0 Å². The fourth-order valence-electron chi connectivity index (χ4n) is 1.05. The smallest absolute Gasteiger partial charge is 0.347 e. The van der Waals surface area contributed by atoms with Gasteiger partial charge in [0.2, 0.25) is 0 Å². The lowest BCUT2D eigenvalue weighted by atomic mass is 10.3. The van der Waals surface area contributed by atoms with E-state index in [4.69, 9.17) is 14.6 Å². The summed E-state index contributed by atoms with van der Waals surface area (Å²) in [4.78, 5) is 15.3. The van der Waals surface area contributed by atoms with Crippen LogP contribution in [0.15, 0.2) is 0 Å². The molecule has 0 radical (unpaired) electrons. The Hall–Kier alpha value is -0.980. The van der Waals surface area contributed by atoms with Gasteiger partial charge in [-0.3, -0.25) is 0 Å². The summed E-state index contributed by atoms with van der Waals surface area (Å²) in [5.74, 6) is -0.978. The summed E-state index contributed by atoms with van der Waals surface area (Å²) in [6.07, 6.45) is -0.196. The standard InChI is InChI=1S/C9H13NO4S/c1-5(14-3)8-10-6(4-13-2)7(15-8)9(11)12/h5H,4H2,1-3H3,(H,11,12). The molecule has 0 bridgehead atoms. The molecule has 1 rings (SSSR count). The quantitative estimate of drug-likeness (QED) is 0.835. The molecule has 0 spiro atoms. The van der Waals surface area contributed by atoms with E-state index in [0.717, 1.165) is 11.3 Å². The number of methoxy groups -OCH3 is 2. The van der Waals surface area contributed by atoms with Crippen LogP contribution in [-0.2, 0) is 16.1 Å². The Morgan fingerprint density at radius 2 is 2.27 bits per heavy atom. The average Bonchev–Trinajstić information content (AvgIpc) is 2.61. The van der Waals surface area contributed by atoms with E-state index in [2.05, 4.69) is 4.98 Å². The van der Waals surface area contributed by atoms with Crippen molar-refractivity contribution in [1.29, 1.82) is 0 Å². The van der Waals surface area contributed by atoms with Gasteiger partial charge in [0.1, 0.15) is 16.0 Å². The summed E-state index contributed by atoms with van der Waals surface area (Å²) in [5.41, 5.74) is 0.453. The highest BCUT2D eigenvalue weighted by Crippen LogP contribution is 2.26. The number of carboxylic acid groups (broad SMARTS) is 1. The van der Waals surface area contributed by atoms with Crippen molar-refractivity contribution in [1.82, 2.24) is 4.98 Å². The van der Waals surface area contributed by atoms with Crippen LogP contribution >= 0.6 is 11.3 Å². The van der Waals surface area contributed by atoms with Gasteiger partial charge in [-0.2, -0.15) is 0 Å². The highest BCUT2D eigenvalue weighted by molar-refractivity contribution is 7.13. The number of nitrogens with zero attached hydrogens (tertiary/aromatic N) is 1. The highest BCUT2D eigenvalue weighted by Gasteiger charge is 2.19. The van der Waals surface area contributed by atoms with E-state index >= 15 is 0 Å². The summed E-state index contributed by atoms with van der Waals surface area (Å²) in [7, 11) is 3.06. The molecular weight excluding hydrogens is 218 g/mol. The molecule has 0 fully saturated rings. The molecule has 5 nitrogen and oxygen atoms in total. The Bertz CT molecular complexity index is 350. The van der Waals surface area contributed by atoms with Gasteiger partial charge in [-0.25, -0.2) is 9.78 Å². The first-order chi connectivity index (χ1) is 7.10. The molecule has 1 heterocycles. The lowest BCUT2D eigenvalue weighted by Crippen LogP contribution is -2.00. The summed E-state index contributed by atoms with van der Waals surface area (Å²) in [6, 6.07) is 0. The van der Waals surface area contributed by atoms with Crippen LogP contribution < -0.4 is 0 Å². The van der Waals surface area contributed by atoms with Crippen LogP contribution in [0.1, 0.15) is 33.4 Å². The zero-order valence-electron chi connectivity index (χ0n) is 8.81. The second-order valence-corrected chi connectivity index (χ2v) is 3.97. The third-order valence-corrected chi connectivity index (χ3v) is 3.14. The minimum absolute atomic E-state index is 0.196. The predicted molar refractivity (Wildman–Crippen MR) is 55.2 cm³/mol. The van der Waals surface area contributed by atoms with Crippen LogP contribution in [0.4, 0.5) is 0 Å². The number of carboxylic acids is 1. The topological polar surface area (TPSA) is 68.7 Å². The third kappa shape index (κ3) is 2.74. The van der Waals surface area contributed by atoms with Crippen molar-refractivity contribution in [3.05, 3.63) is 15.6 Å². The van der Waals surface area contributed by atoms with Gasteiger partial charge in [-0.15, -0.1) is 11.3 Å². The molecule has 0 aliphatic rings. The number of aromatic nitrogens is 1. The van der Waals surface area contributed by atoms with Crippen molar-refractivity contribution in [2.75, 3.05) is 14.2 Å². The number of thiazole rings is 1. The average molecular weight is 231 g/mol. The summed E-state index contributed by atoms with van der Waals surface area (Å²) < 4.78 is 9.96. The minimum Gasteiger partial charge on any atom is -0.477 e. The molecule has 6 heteroatoms. The zero-order valence-corrected chi connectivity index (χ0v) is 9.63. The van der Waals surface area contributed by atoms with Crippen LogP contribution in [0.2, 0.25) is 0 Å². The van der Waals surface area contributed by atoms with Gasteiger partial charge < -0.3 is 14.6 Å². The van der Waals surface area contributed by atoms with Crippen molar-refractivity contribution < 1.29 is 19.4 Å². The second kappa shape index (κ2) is 5.20. The molecule has 15 heavy (non-hydrogen) atoms. The molecule has 0 saturated carbocycles. The summed E-state index contributed by atoms with van der Waals surface area (Å²) in [6.45, 7) is 2.02. The lowest BCUT2D eigenvalue weighted by Gasteiger charge is -2.03. The first-order valence-electron chi connectivity index (χ1n) is 4.34. The molecule has 1 aromatic rings. The van der Waals surface area contributed by atoms with E-state index in [1.165, 1.54) is 7.11 Å². The Morgan fingerprint density at radius 1 is 1.60 bits per heavy atom. The second-order valence-electron chi connectivity index (χ2n) is 2.94. The molecule has 1 aromatic heterocycles. The third-order valence-electron chi connectivity index (χ3n) is 1.89. The summed E-state index contributed by atoms with van der Waals surface area (Å²) >= 11 is 1.12. The van der Waals surface area contributed by atoms with Gasteiger partial charge in [0.25, 0.3) is 0 Å². The number of aromatic carboxylic acids is 1. The van der Waals surface area contributed by atoms with Gasteiger partial charge in [0.05, 0.1) is 12.3 Å². The van der Waals surface area contributed by atoms with Gasteiger partial charge in [-0.05, 0) is 6.92 Å². The van der Waals surface area contributed by atoms with Crippen molar-refractivity contribution in [2.45, 2.75) is 19.6 Å². The van der Waals surface area contributed by atoms with Crippen molar-refractivity contribution in [3.63, 3.8) is 0 Å². The Kier molecular flexibility index (Phi) is 4.19. The first-order valence-corrected chi connectivity index (χ1v) is 5.16. The SMILES string of the molecule is COCc1nc(C(C)OC)sc1C(=O)O. The maximum atomic E-state index is 10.9. The molecule has 84 valence electrons. The summed E-state index contributed by atoms with van der Waals surface area (Å²) in [5, 5.41) is 9.59. The normalized spacial score (nSPS) is 12.7. The van der Waals surface area contributed by atoms with Crippen LogP contribution in [0.5, 0.6) is 0 Å². The van der Waals surface area contributed by atoms with Crippen LogP contribution in [-0.4, -0.2) is 30.3 Å². The maximum Gasteiger partial charge on any atom is 0.347 e. The molecule has 0 amide bonds. The Balaban J connectivity index is 3.03. The number of hydrogen-bond acceptors (Lipinski definition) is 5. The van der Waals surface area contributed by atoms with E-state index in [9.17, 15) is 4.79 Å². The Labute approximate surface area is 91.7 Å². The van der Waals surface area contributed by atoms with E-state index in [-0.39, 0.29) is 17.6 Å². The molecule has 1 unspecified atom stereocenters. The monoisotopic (exact) mass is 231 g/mol. The number of rotatable bonds is 5. The number of hydrogen-bond donors (Lipinski definition) is 1. The molecule has 0 aromatic carbocycles. The maximum absolute atomic E-state index is 10.9. The van der Waals surface area contributed by atoms with Crippen molar-refractivity contribution in [3.8, 4) is 0 Å². The van der Waals surface area contributed by atoms with Gasteiger partial charge >= 0.3 is 5.97 Å². The van der Waals surface area contributed by atoms with E-state index in [1.54, 1.807) is 7.11 Å². The fraction of sp³-hybridized carbons (Fsp3) is 0.556. The van der Waals surface area contributed by atoms with Gasteiger partial charge in [0, 0.05) is 14.2 Å². The number of ether oxygens (including phenoxy) is 2. The molecule has 0 aliphatic carbocycles. The largest absolute Gasteiger partial charge is 0.477 e. The first kappa shape index (κ1) is 12.1. The van der Waals surface area contributed by atoms with Crippen LogP contribution in [0.3, 0.4) is 0 Å². The number of carbonyl (C=O) groups is 1. The lowest BCUT2D eigenvalue weighted by molar-refractivity contribution is 0.0697. The van der Waals surface area contributed by atoms with Crippen LogP contribution in [0.25, 0.3) is 0 Å². The minimum atomic E-state index is -0.978. The van der Waals surface area contributed by atoms with Crippen molar-refractivity contribution in [2.24, 2.45) is 0 Å². The van der Waals surface area contributed by atoms with Crippen molar-refractivity contribution >= 4 is 17.3 Å². The molecule has 1 atom stereocenters. The highest BCUT2D eigenvalue weighted by atomic mass is 32.1. The van der Waals surface area contributed by atoms with E-state index < -0.39 is 5.97 Å². The Morgan fingerprint density at radius 3 is 2.73 bits per heavy atom. The molecule has 0 saturated heterocycles. The molecule has 0 aliphatic heterocycles.